The summed E-state index contributed by atoms with van der Waals surface area (Å²) in [4.78, 5) is 16.8. The number of nitriles is 1. The number of fused-ring (bicyclic) bond motifs is 18. The van der Waals surface area contributed by atoms with E-state index in [2.05, 4.69) is 215 Å². The maximum absolute atomic E-state index is 12.2. The topological polar surface area (TPSA) is 74.2 Å². The normalized spacial score (nSPS) is 14.2. The third-order valence-corrected chi connectivity index (χ3v) is 29.3. The molecule has 1 N–H and O–H groups in total. The molecule has 7 aromatic carbocycles. The molecule has 0 saturated carbocycles. The second-order valence-electron chi connectivity index (χ2n) is 34.4. The van der Waals surface area contributed by atoms with Crippen molar-refractivity contribution in [3.05, 3.63) is 189 Å². The van der Waals surface area contributed by atoms with Crippen molar-refractivity contribution >= 4 is 94.0 Å². The van der Waals surface area contributed by atoms with Crippen LogP contribution in [0.4, 0.5) is 17.1 Å². The number of aryl methyl sites for hydroxylation is 2. The molecule has 4 aromatic heterocycles. The van der Waals surface area contributed by atoms with Gasteiger partial charge < -0.3 is 19.1 Å². The molecule has 0 saturated heterocycles. The number of carboxylic acid groups (broad SMARTS) is 1. The Hall–Kier alpha value is -7.96. The number of aliphatic carboxylic acids is 1. The molecule has 0 atom stereocenters. The number of para-hydroxylation sites is 1. The van der Waals surface area contributed by atoms with Gasteiger partial charge in [0.25, 0.3) is 0 Å². The van der Waals surface area contributed by atoms with Gasteiger partial charge in [0.1, 0.15) is 11.6 Å². The lowest BCUT2D eigenvalue weighted by molar-refractivity contribution is -0.132. The zero-order valence-electron chi connectivity index (χ0n) is 70.2. The maximum atomic E-state index is 12.2. The highest BCUT2D eigenvalue weighted by atomic mass is 32.1. The van der Waals surface area contributed by atoms with Crippen LogP contribution in [0.3, 0.4) is 0 Å². The molecule has 8 heteroatoms. The van der Waals surface area contributed by atoms with Gasteiger partial charge in [-0.1, -0.05) is 333 Å². The first kappa shape index (κ1) is 81.6. The first-order valence-electron chi connectivity index (χ1n) is 45.5. The molecule has 6 nitrogen and oxygen atoms in total. The van der Waals surface area contributed by atoms with Crippen molar-refractivity contribution in [2.45, 2.75) is 329 Å². The van der Waals surface area contributed by atoms with E-state index in [-0.39, 0.29) is 21.8 Å². The van der Waals surface area contributed by atoms with Crippen LogP contribution in [0.15, 0.2) is 151 Å². The van der Waals surface area contributed by atoms with Crippen molar-refractivity contribution in [1.29, 1.82) is 5.26 Å². The average molecular weight is 1540 g/mol. The minimum atomic E-state index is -1.19. The lowest BCUT2D eigenvalue weighted by Gasteiger charge is -2.40. The number of rotatable bonds is 46. The minimum absolute atomic E-state index is 0.117. The van der Waals surface area contributed by atoms with E-state index in [0.717, 1.165) is 72.4 Å². The summed E-state index contributed by atoms with van der Waals surface area (Å²) in [5.74, 6) is -1.19. The molecule has 0 bridgehead atoms. The molecule has 3 aliphatic carbocycles. The van der Waals surface area contributed by atoms with Crippen molar-refractivity contribution in [1.82, 2.24) is 9.13 Å². The number of anilines is 3. The number of thiophene rings is 2. The number of benzene rings is 7. The van der Waals surface area contributed by atoms with E-state index in [1.165, 1.54) is 265 Å². The van der Waals surface area contributed by atoms with Crippen LogP contribution in [0, 0.1) is 11.3 Å². The van der Waals surface area contributed by atoms with Crippen molar-refractivity contribution in [3.63, 3.8) is 0 Å². The van der Waals surface area contributed by atoms with Gasteiger partial charge in [0, 0.05) is 78.0 Å². The van der Waals surface area contributed by atoms with Gasteiger partial charge in [0.05, 0.1) is 20.4 Å². The fourth-order valence-electron chi connectivity index (χ4n) is 21.4. The Morgan fingerprint density at radius 1 is 0.389 bits per heavy atom. The standard InChI is InChI=1S/C105H130N4O2S2/c1-9-17-25-39-61-103(62-40-26-18-10-2)87-51-37-34-49-83(87)95-97(103)94-82-48-33-36-50-86(82)104(63-41-27-19-11-3,64-42-28-20-12-4)98(94)96-84-59-57-79(71-88(84)105(99(95)96,65-43-29-21-13-5)66-44-30-22-14-6)109(78-58-60-90-85(70-78)81-47-35-38-52-89(81)107(90)67-45-31-23-15-7)77-55-53-75(54-56-77)93-73-92-101(113-93)100-91(108(92)68-46-32-24-16-8)72-80(112-100)69-76(74-106)102(110)111/h33-38,47-60,69-73H,9-32,39-46,61-68H2,1-8H3,(H,110,111)/b76-69+. The van der Waals surface area contributed by atoms with Crippen molar-refractivity contribution in [2.24, 2.45) is 0 Å². The predicted octanol–water partition coefficient (Wildman–Crippen LogP) is 32.9. The summed E-state index contributed by atoms with van der Waals surface area (Å²) in [5, 5.41) is 22.4. The molecule has 0 amide bonds. The zero-order valence-corrected chi connectivity index (χ0v) is 71.8. The third-order valence-electron chi connectivity index (χ3n) is 26.9. The number of aromatic nitrogens is 2. The molecule has 0 spiro atoms. The quantitative estimate of drug-likeness (QED) is 0.0234. The lowest BCUT2D eigenvalue weighted by Crippen LogP contribution is -2.31. The smallest absolute Gasteiger partial charge is 0.346 e. The SMILES string of the molecule is CCCCCCn1c2ccccc2c2cc(N(c3ccc(-c4cc5c(s4)c4sc(/C=C(\C#N)C(=O)O)cc4n5CCCCCC)cc3)c3ccc4c(c3)C(CCCCCC)(CCCCCC)c3c5c(c6c(c3-4)C(CCCCCC)(CCCCCC)c3ccccc3-6)C(CCCCCC)(CCCCCC)c3ccccc3-5)ccc21. The van der Waals surface area contributed by atoms with Gasteiger partial charge in [0.2, 0.25) is 0 Å². The lowest BCUT2D eigenvalue weighted by atomic mass is 9.63. The molecular weight excluding hydrogens is 1410 g/mol. The van der Waals surface area contributed by atoms with Gasteiger partial charge in [0.15, 0.2) is 0 Å². The Morgan fingerprint density at radius 3 is 1.26 bits per heavy atom. The van der Waals surface area contributed by atoms with Crippen LogP contribution >= 0.6 is 22.7 Å². The molecule has 594 valence electrons. The molecular formula is C105H130N4O2S2. The zero-order chi connectivity index (χ0) is 78.5. The summed E-state index contributed by atoms with van der Waals surface area (Å²) in [6.45, 7) is 20.9. The molecule has 0 aliphatic heterocycles. The summed E-state index contributed by atoms with van der Waals surface area (Å²) >= 11 is 3.44. The Kier molecular flexibility index (Phi) is 27.3. The molecule has 0 unspecified atom stereocenters. The van der Waals surface area contributed by atoms with Crippen molar-refractivity contribution in [3.8, 4) is 49.9 Å². The maximum Gasteiger partial charge on any atom is 0.346 e. The predicted molar refractivity (Wildman–Crippen MR) is 489 cm³/mol. The fraction of sp³-hybridized carbons (Fsp3) is 0.486. The average Bonchev–Trinajstić information content (AvgIpc) is 1.48. The summed E-state index contributed by atoms with van der Waals surface area (Å²) in [7, 11) is 0. The van der Waals surface area contributed by atoms with Gasteiger partial charge in [-0.05, 0) is 190 Å². The van der Waals surface area contributed by atoms with Crippen LogP contribution in [-0.2, 0) is 34.1 Å². The number of carbonyl (C=O) groups is 1. The van der Waals surface area contributed by atoms with E-state index in [1.807, 2.05) is 17.4 Å². The highest BCUT2D eigenvalue weighted by Gasteiger charge is 2.58. The minimum Gasteiger partial charge on any atom is -0.477 e. The first-order chi connectivity index (χ1) is 55.5. The van der Waals surface area contributed by atoms with Crippen LogP contribution in [0.1, 0.15) is 338 Å². The van der Waals surface area contributed by atoms with Crippen LogP contribution in [0.5, 0.6) is 0 Å². The van der Waals surface area contributed by atoms with Gasteiger partial charge in [-0.25, -0.2) is 4.79 Å². The fourth-order valence-corrected chi connectivity index (χ4v) is 23.8. The van der Waals surface area contributed by atoms with E-state index in [4.69, 9.17) is 0 Å². The molecule has 4 heterocycles. The second kappa shape index (κ2) is 37.8. The summed E-state index contributed by atoms with van der Waals surface area (Å²) in [6, 6.07) is 61.2. The monoisotopic (exact) mass is 1540 g/mol. The van der Waals surface area contributed by atoms with Gasteiger partial charge in [-0.2, -0.15) is 5.26 Å². The van der Waals surface area contributed by atoms with E-state index in [0.29, 0.717) is 0 Å². The Labute approximate surface area is 686 Å². The third kappa shape index (κ3) is 15.9. The molecule has 11 aromatic rings. The Morgan fingerprint density at radius 2 is 0.779 bits per heavy atom. The van der Waals surface area contributed by atoms with Crippen LogP contribution in [0.2, 0.25) is 0 Å². The first-order valence-corrected chi connectivity index (χ1v) is 47.1. The van der Waals surface area contributed by atoms with E-state index in [1.54, 1.807) is 78.6 Å². The van der Waals surface area contributed by atoms with Crippen LogP contribution in [0.25, 0.3) is 92.1 Å². The molecule has 14 rings (SSSR count). The summed E-state index contributed by atoms with van der Waals surface area (Å²) < 4.78 is 7.46. The molecule has 0 radical (unpaired) electrons. The Balaban J connectivity index is 1.04. The van der Waals surface area contributed by atoms with E-state index < -0.39 is 5.97 Å². The number of hydrogen-bond donors (Lipinski definition) is 1. The number of hydrogen-bond acceptors (Lipinski definition) is 5. The van der Waals surface area contributed by atoms with Gasteiger partial charge >= 0.3 is 5.97 Å². The molecule has 0 fully saturated rings. The van der Waals surface area contributed by atoms with Gasteiger partial charge in [-0.15, -0.1) is 22.7 Å². The summed E-state index contributed by atoms with van der Waals surface area (Å²) in [5.41, 5.74) is 28.6. The van der Waals surface area contributed by atoms with Gasteiger partial charge in [-0.3, -0.25) is 0 Å². The number of carboxylic acids is 1. The highest BCUT2D eigenvalue weighted by molar-refractivity contribution is 7.29. The molecule has 3 aliphatic rings. The van der Waals surface area contributed by atoms with E-state index >= 15 is 0 Å². The number of unbranched alkanes of at least 4 members (excludes halogenated alkanes) is 24. The van der Waals surface area contributed by atoms with Crippen LogP contribution in [-0.4, -0.2) is 20.2 Å². The highest BCUT2D eigenvalue weighted by Crippen LogP contribution is 2.72. The van der Waals surface area contributed by atoms with Crippen molar-refractivity contribution in [2.75, 3.05) is 4.90 Å². The number of nitrogens with zero attached hydrogens (tertiary/aromatic N) is 4. The Bertz CT molecular complexity index is 5110. The van der Waals surface area contributed by atoms with Crippen molar-refractivity contribution < 1.29 is 9.90 Å². The summed E-state index contributed by atoms with van der Waals surface area (Å²) in [6.07, 6.45) is 48.0. The van der Waals surface area contributed by atoms with E-state index in [9.17, 15) is 15.2 Å². The molecule has 113 heavy (non-hydrogen) atoms. The largest absolute Gasteiger partial charge is 0.477 e. The second-order valence-corrected chi connectivity index (χ2v) is 36.5. The van der Waals surface area contributed by atoms with Crippen LogP contribution < -0.4 is 4.90 Å².